The SMILES string of the molecule is CC(C)C[C@@H]1NC(=O)[C@@H](N(C)C(=O)[C@@H](NC(=O)[C@@H]2C[C@@H](F)CN2C(=O)C2(C(F)(F)F)CC2)C2CCC2)CCCCNC(=O)[C@H]2C[C@@H](F)CN2C(=O)[C@H](Cc2cc(Cl)ccc2Cl)N(C)C1=O. The molecule has 0 unspecified atom stereocenters. The number of likely N-dealkylation sites (N-methyl/N-ethyl adjacent to an activating group) is 2. The molecule has 3 N–H and O–H groups in total. The van der Waals surface area contributed by atoms with E-state index in [0.717, 1.165) is 14.7 Å². The average Bonchev–Trinajstić information content (AvgIpc) is 3.83. The van der Waals surface area contributed by atoms with Gasteiger partial charge in [-0.25, -0.2) is 8.78 Å². The number of carbonyl (C=O) groups excluding carboxylic acids is 7. The Morgan fingerprint density at radius 2 is 1.62 bits per heavy atom. The van der Waals surface area contributed by atoms with Crippen LogP contribution in [-0.2, 0) is 40.0 Å². The van der Waals surface area contributed by atoms with Crippen molar-refractivity contribution in [1.82, 2.24) is 35.6 Å². The largest absolute Gasteiger partial charge is 0.403 e. The summed E-state index contributed by atoms with van der Waals surface area (Å²) in [7, 11) is 2.71. The number of hydrogen-bond donors (Lipinski definition) is 3. The number of benzene rings is 1. The fourth-order valence-electron chi connectivity index (χ4n) is 9.47. The molecule has 0 radical (unpaired) electrons. The van der Waals surface area contributed by atoms with Gasteiger partial charge in [0.2, 0.25) is 41.4 Å². The number of halogens is 7. The summed E-state index contributed by atoms with van der Waals surface area (Å²) in [5.41, 5.74) is -2.29. The summed E-state index contributed by atoms with van der Waals surface area (Å²) in [4.78, 5) is 103. The van der Waals surface area contributed by atoms with Gasteiger partial charge in [0.25, 0.3) is 0 Å². The highest BCUT2D eigenvalue weighted by atomic mass is 35.5. The van der Waals surface area contributed by atoms with Crippen molar-refractivity contribution in [2.24, 2.45) is 17.3 Å². The summed E-state index contributed by atoms with van der Waals surface area (Å²) in [5, 5.41) is 8.74. The minimum atomic E-state index is -4.89. The first-order valence-electron chi connectivity index (χ1n) is 22.4. The summed E-state index contributed by atoms with van der Waals surface area (Å²) in [5.74, 6) is -6.47. The molecule has 3 saturated heterocycles. The van der Waals surface area contributed by atoms with Gasteiger partial charge in [-0.2, -0.15) is 13.2 Å². The quantitative estimate of drug-likeness (QED) is 0.290. The lowest BCUT2D eigenvalue weighted by Gasteiger charge is -2.39. The van der Waals surface area contributed by atoms with Gasteiger partial charge in [-0.05, 0) is 87.0 Å². The molecule has 65 heavy (non-hydrogen) atoms. The lowest BCUT2D eigenvalue weighted by Crippen LogP contribution is -2.61. The molecule has 0 aromatic heterocycles. The van der Waals surface area contributed by atoms with E-state index in [0.29, 0.717) is 34.7 Å². The molecule has 3 heterocycles. The Morgan fingerprint density at radius 3 is 2.23 bits per heavy atom. The molecule has 14 nitrogen and oxygen atoms in total. The summed E-state index contributed by atoms with van der Waals surface area (Å²) in [6.07, 6.45) is -7.85. The fourth-order valence-corrected chi connectivity index (χ4v) is 9.86. The van der Waals surface area contributed by atoms with Crippen molar-refractivity contribution in [1.29, 1.82) is 0 Å². The van der Waals surface area contributed by atoms with Gasteiger partial charge in [0, 0.05) is 49.9 Å². The zero-order valence-electron chi connectivity index (χ0n) is 36.9. The highest BCUT2D eigenvalue weighted by Crippen LogP contribution is 2.59. The van der Waals surface area contributed by atoms with E-state index in [-0.39, 0.29) is 62.6 Å². The second-order valence-electron chi connectivity index (χ2n) is 18.8. The Bertz CT molecular complexity index is 2010. The molecule has 6 rings (SSSR count). The van der Waals surface area contributed by atoms with Crippen molar-refractivity contribution in [2.75, 3.05) is 33.7 Å². The normalized spacial score (nSPS) is 28.6. The highest BCUT2D eigenvalue weighted by molar-refractivity contribution is 6.33. The first-order valence-corrected chi connectivity index (χ1v) is 23.1. The lowest BCUT2D eigenvalue weighted by molar-refractivity contribution is -0.199. The third-order valence-electron chi connectivity index (χ3n) is 13.7. The van der Waals surface area contributed by atoms with Crippen molar-refractivity contribution in [3.8, 4) is 0 Å². The van der Waals surface area contributed by atoms with Crippen molar-refractivity contribution < 1.29 is 55.5 Å². The van der Waals surface area contributed by atoms with Gasteiger partial charge in [-0.3, -0.25) is 33.6 Å². The average molecular weight is 963 g/mol. The number of nitrogens with one attached hydrogen (secondary N) is 3. The molecule has 1 aromatic rings. The molecular formula is C44H58Cl2F5N7O7. The monoisotopic (exact) mass is 961 g/mol. The van der Waals surface area contributed by atoms with Gasteiger partial charge in [0.05, 0.1) is 13.1 Å². The summed E-state index contributed by atoms with van der Waals surface area (Å²) in [6, 6.07) is -3.33. The van der Waals surface area contributed by atoms with Gasteiger partial charge in [-0.15, -0.1) is 0 Å². The van der Waals surface area contributed by atoms with Gasteiger partial charge < -0.3 is 35.6 Å². The Morgan fingerprint density at radius 1 is 0.938 bits per heavy atom. The minimum Gasteiger partial charge on any atom is -0.354 e. The van der Waals surface area contributed by atoms with E-state index in [9.17, 15) is 51.1 Å². The van der Waals surface area contributed by atoms with Crippen molar-refractivity contribution in [2.45, 2.75) is 146 Å². The second kappa shape index (κ2) is 20.3. The lowest BCUT2D eigenvalue weighted by atomic mass is 9.79. The van der Waals surface area contributed by atoms with Crippen LogP contribution in [0.3, 0.4) is 0 Å². The van der Waals surface area contributed by atoms with E-state index in [2.05, 4.69) is 16.0 Å². The zero-order chi connectivity index (χ0) is 47.7. The number of likely N-dealkylation sites (tertiary alicyclic amines) is 1. The zero-order valence-corrected chi connectivity index (χ0v) is 38.4. The van der Waals surface area contributed by atoms with Crippen LogP contribution in [0.2, 0.25) is 10.0 Å². The van der Waals surface area contributed by atoms with Gasteiger partial charge in [0.15, 0.2) is 0 Å². The van der Waals surface area contributed by atoms with Crippen LogP contribution in [0.4, 0.5) is 22.0 Å². The van der Waals surface area contributed by atoms with E-state index >= 15 is 4.39 Å². The van der Waals surface area contributed by atoms with Gasteiger partial charge in [0.1, 0.15) is 54.0 Å². The first-order chi connectivity index (χ1) is 30.5. The van der Waals surface area contributed by atoms with Crippen LogP contribution in [0, 0.1) is 17.3 Å². The third kappa shape index (κ3) is 11.0. The molecule has 5 fully saturated rings. The molecule has 1 aromatic carbocycles. The predicted octanol–water partition coefficient (Wildman–Crippen LogP) is 4.53. The molecule has 7 amide bonds. The summed E-state index contributed by atoms with van der Waals surface area (Å²) in [6.45, 7) is 2.61. The van der Waals surface area contributed by atoms with Crippen LogP contribution in [0.1, 0.15) is 90.0 Å². The fraction of sp³-hybridized carbons (Fsp3) is 0.705. The summed E-state index contributed by atoms with van der Waals surface area (Å²) >= 11 is 12.8. The van der Waals surface area contributed by atoms with E-state index in [1.807, 2.05) is 13.8 Å². The maximum Gasteiger partial charge on any atom is 0.403 e. The standard InChI is InChI=1S/C44H58Cl2F5N7O7/c1-23(2)16-30-39(62)56(4)34(18-25-17-26(45)11-12-29(25)46)40(63)57-21-27(47)19-32(57)36(59)52-15-6-5-10-31(37(60)53-30)55(3)41(64)35(24-8-7-9-24)54-38(61)33-20-28(48)22-58(33)42(65)43(13-14-43)44(49,50)51/h11-12,17,23-24,27-28,30-35H,5-10,13-16,18-22H2,1-4H3,(H,52,59)(H,53,60)(H,54,61)/t27-,28-,30+,31+,32-,33+,34+,35+/m1/s1. The van der Waals surface area contributed by atoms with Crippen LogP contribution in [-0.4, -0.2) is 149 Å². The molecule has 2 aliphatic carbocycles. The number of rotatable bonds is 10. The Balaban J connectivity index is 1.28. The number of carbonyl (C=O) groups is 7. The Labute approximate surface area is 385 Å². The summed E-state index contributed by atoms with van der Waals surface area (Å²) < 4.78 is 71.8. The van der Waals surface area contributed by atoms with E-state index in [1.54, 1.807) is 6.07 Å². The number of nitrogens with zero attached hydrogens (tertiary/aromatic N) is 4. The molecule has 8 atom stereocenters. The minimum absolute atomic E-state index is 0.0121. The molecule has 0 spiro atoms. The Kier molecular flexibility index (Phi) is 15.7. The molecule has 21 heteroatoms. The number of alkyl halides is 5. The van der Waals surface area contributed by atoms with E-state index in [4.69, 9.17) is 23.2 Å². The van der Waals surface area contributed by atoms with Crippen molar-refractivity contribution >= 4 is 64.6 Å². The Hall–Kier alpha value is -4.26. The smallest absolute Gasteiger partial charge is 0.354 e. The maximum atomic E-state index is 15.1. The maximum absolute atomic E-state index is 15.1. The molecule has 3 aliphatic heterocycles. The van der Waals surface area contributed by atoms with Gasteiger partial charge >= 0.3 is 6.18 Å². The molecular weight excluding hydrogens is 904 g/mol. The van der Waals surface area contributed by atoms with Crippen LogP contribution >= 0.6 is 23.2 Å². The highest BCUT2D eigenvalue weighted by Gasteiger charge is 2.70. The van der Waals surface area contributed by atoms with Crippen molar-refractivity contribution in [3.05, 3.63) is 33.8 Å². The molecule has 360 valence electrons. The number of hydrogen-bond acceptors (Lipinski definition) is 7. The van der Waals surface area contributed by atoms with Gasteiger partial charge in [-0.1, -0.05) is 43.5 Å². The number of fused-ring (bicyclic) bond motifs is 1. The first kappa shape index (κ1) is 50.2. The predicted molar refractivity (Wildman–Crippen MR) is 229 cm³/mol. The van der Waals surface area contributed by atoms with Crippen LogP contribution in [0.15, 0.2) is 18.2 Å². The van der Waals surface area contributed by atoms with Crippen LogP contribution in [0.25, 0.3) is 0 Å². The topological polar surface area (TPSA) is 169 Å². The molecule has 2 saturated carbocycles. The molecule has 0 bridgehead atoms. The second-order valence-corrected chi connectivity index (χ2v) is 19.6. The molecule has 5 aliphatic rings. The van der Waals surface area contributed by atoms with Crippen LogP contribution in [0.5, 0.6) is 0 Å². The van der Waals surface area contributed by atoms with E-state index < -0.39 is 133 Å². The third-order valence-corrected chi connectivity index (χ3v) is 14.3. The van der Waals surface area contributed by atoms with Crippen molar-refractivity contribution in [3.63, 3.8) is 0 Å². The van der Waals surface area contributed by atoms with E-state index in [1.165, 1.54) is 26.2 Å². The van der Waals surface area contributed by atoms with Crippen LogP contribution < -0.4 is 16.0 Å². The number of amides is 7.